The Balaban J connectivity index is 1.52. The lowest BCUT2D eigenvalue weighted by molar-refractivity contribution is -0.165. The second-order valence-electron chi connectivity index (χ2n) is 16.9. The Hall–Kier alpha value is -3.96. The van der Waals surface area contributed by atoms with Gasteiger partial charge in [0.2, 0.25) is 0 Å². The van der Waals surface area contributed by atoms with Crippen molar-refractivity contribution in [1.29, 1.82) is 0 Å². The van der Waals surface area contributed by atoms with Gasteiger partial charge >= 0.3 is 11.9 Å². The first-order valence-electron chi connectivity index (χ1n) is 24.6. The lowest BCUT2D eigenvalue weighted by Crippen LogP contribution is -2.38. The molecule has 1 atom stereocenters. The third-order valence-corrected chi connectivity index (χ3v) is 11.6. The summed E-state index contributed by atoms with van der Waals surface area (Å²) in [6.07, 6.45) is 37.7. The van der Waals surface area contributed by atoms with Crippen LogP contribution >= 0.6 is 0 Å². The number of carbonyl (C=O) groups excluding carboxylic acids is 2. The average Bonchev–Trinajstić information content (AvgIpc) is 3.29. The van der Waals surface area contributed by atoms with Gasteiger partial charge in [0.1, 0.15) is 12.2 Å². The predicted molar refractivity (Wildman–Crippen MR) is 256 cm³/mol. The van der Waals surface area contributed by atoms with E-state index >= 15 is 0 Å². The summed E-state index contributed by atoms with van der Waals surface area (Å²) < 4.78 is 18.9. The van der Waals surface area contributed by atoms with Gasteiger partial charge in [0.25, 0.3) is 0 Å². The number of carbonyl (C=O) groups is 2. The molecule has 0 aliphatic heterocycles. The zero-order valence-corrected chi connectivity index (χ0v) is 38.4. The standard InChI is InChI=1S/C56H82O5/c1-3-5-7-9-11-13-15-17-18-20-22-24-26-28-39-47-55(58)61-53(48-59-54(57)46-38-27-25-23-21-19-16-14-12-10-8-6-4-2)49-60-56(50-40-32-29-33-41-50,51-42-34-30-35-43-51)52-44-36-31-37-45-52/h11,13,17-18,29-37,40-45,53H,3-10,12,14-16,19-28,38-39,46-49H2,1-2H3. The summed E-state index contributed by atoms with van der Waals surface area (Å²) in [4.78, 5) is 26.4. The summed E-state index contributed by atoms with van der Waals surface area (Å²) in [5.41, 5.74) is 1.90. The third kappa shape index (κ3) is 22.6. The summed E-state index contributed by atoms with van der Waals surface area (Å²) in [6, 6.07) is 30.5. The highest BCUT2D eigenvalue weighted by Gasteiger charge is 2.38. The smallest absolute Gasteiger partial charge is 0.306 e. The summed E-state index contributed by atoms with van der Waals surface area (Å²) in [6.45, 7) is 4.52. The minimum absolute atomic E-state index is 0.0420. The normalized spacial score (nSPS) is 12.3. The third-order valence-electron chi connectivity index (χ3n) is 11.6. The van der Waals surface area contributed by atoms with Crippen LogP contribution in [0, 0.1) is 0 Å². The van der Waals surface area contributed by atoms with E-state index in [1.165, 1.54) is 89.9 Å². The molecule has 336 valence electrons. The molecule has 61 heavy (non-hydrogen) atoms. The quantitative estimate of drug-likeness (QED) is 0.0251. The maximum Gasteiger partial charge on any atom is 0.306 e. The summed E-state index contributed by atoms with van der Waals surface area (Å²) in [7, 11) is 0. The molecule has 0 N–H and O–H groups in total. The first kappa shape index (κ1) is 51.4. The number of benzene rings is 3. The second-order valence-corrected chi connectivity index (χ2v) is 16.9. The van der Waals surface area contributed by atoms with Gasteiger partial charge in [-0.1, -0.05) is 238 Å². The molecule has 0 radical (unpaired) electrons. The molecule has 0 aliphatic rings. The Labute approximate surface area is 372 Å². The first-order valence-corrected chi connectivity index (χ1v) is 24.6. The van der Waals surface area contributed by atoms with Crippen LogP contribution in [0.3, 0.4) is 0 Å². The average molecular weight is 835 g/mol. The maximum absolute atomic E-state index is 13.3. The van der Waals surface area contributed by atoms with Crippen molar-refractivity contribution in [1.82, 2.24) is 0 Å². The van der Waals surface area contributed by atoms with Crippen molar-refractivity contribution in [3.63, 3.8) is 0 Å². The van der Waals surface area contributed by atoms with Gasteiger partial charge in [-0.2, -0.15) is 0 Å². The Morgan fingerprint density at radius 3 is 1.30 bits per heavy atom. The molecule has 0 saturated carbocycles. The van der Waals surface area contributed by atoms with E-state index in [0.717, 1.165) is 80.9 Å². The molecule has 0 fully saturated rings. The Kier molecular flexibility index (Phi) is 29.2. The van der Waals surface area contributed by atoms with Crippen LogP contribution in [0.5, 0.6) is 0 Å². The van der Waals surface area contributed by atoms with Gasteiger partial charge in [0.15, 0.2) is 6.10 Å². The summed E-state index contributed by atoms with van der Waals surface area (Å²) in [5.74, 6) is -0.533. The lowest BCUT2D eigenvalue weighted by Gasteiger charge is -2.37. The van der Waals surface area contributed by atoms with E-state index in [9.17, 15) is 9.59 Å². The van der Waals surface area contributed by atoms with E-state index in [-0.39, 0.29) is 25.2 Å². The Morgan fingerprint density at radius 1 is 0.459 bits per heavy atom. The topological polar surface area (TPSA) is 61.8 Å². The number of ether oxygens (including phenoxy) is 3. The van der Waals surface area contributed by atoms with Gasteiger partial charge in [-0.15, -0.1) is 0 Å². The van der Waals surface area contributed by atoms with Crippen molar-refractivity contribution in [2.24, 2.45) is 0 Å². The van der Waals surface area contributed by atoms with Crippen molar-refractivity contribution in [3.8, 4) is 0 Å². The highest BCUT2D eigenvalue weighted by molar-refractivity contribution is 5.70. The molecule has 3 aromatic carbocycles. The zero-order valence-electron chi connectivity index (χ0n) is 38.4. The minimum Gasteiger partial charge on any atom is -0.462 e. The monoisotopic (exact) mass is 835 g/mol. The number of rotatable bonds is 37. The van der Waals surface area contributed by atoms with Crippen LogP contribution in [0.2, 0.25) is 0 Å². The number of hydrogen-bond donors (Lipinski definition) is 0. The predicted octanol–water partition coefficient (Wildman–Crippen LogP) is 15.7. The van der Waals surface area contributed by atoms with E-state index in [4.69, 9.17) is 14.2 Å². The van der Waals surface area contributed by atoms with E-state index in [0.29, 0.717) is 12.8 Å². The van der Waals surface area contributed by atoms with Gasteiger partial charge in [-0.05, 0) is 61.6 Å². The van der Waals surface area contributed by atoms with E-state index in [1.807, 2.05) is 54.6 Å². The largest absolute Gasteiger partial charge is 0.462 e. The minimum atomic E-state index is -0.979. The van der Waals surface area contributed by atoms with Crippen molar-refractivity contribution in [2.45, 2.75) is 192 Å². The molecule has 0 saturated heterocycles. The number of hydrogen-bond acceptors (Lipinski definition) is 5. The van der Waals surface area contributed by atoms with Gasteiger partial charge in [-0.25, -0.2) is 0 Å². The van der Waals surface area contributed by atoms with Crippen LogP contribution in [-0.4, -0.2) is 31.3 Å². The fourth-order valence-corrected chi connectivity index (χ4v) is 7.97. The number of unbranched alkanes of at least 4 members (excludes halogenated alkanes) is 20. The molecular formula is C56H82O5. The highest BCUT2D eigenvalue weighted by Crippen LogP contribution is 2.40. The van der Waals surface area contributed by atoms with Crippen LogP contribution in [0.1, 0.15) is 197 Å². The highest BCUT2D eigenvalue weighted by atomic mass is 16.6. The molecule has 0 amide bonds. The van der Waals surface area contributed by atoms with E-state index in [2.05, 4.69) is 74.5 Å². The summed E-state index contributed by atoms with van der Waals surface area (Å²) in [5, 5.41) is 0. The van der Waals surface area contributed by atoms with Gasteiger partial charge in [0.05, 0.1) is 6.61 Å². The second kappa shape index (κ2) is 34.6. The van der Waals surface area contributed by atoms with Gasteiger partial charge in [-0.3, -0.25) is 9.59 Å². The fourth-order valence-electron chi connectivity index (χ4n) is 7.97. The Morgan fingerprint density at radius 2 is 0.836 bits per heavy atom. The molecule has 5 heteroatoms. The van der Waals surface area contributed by atoms with E-state index in [1.54, 1.807) is 0 Å². The number of esters is 2. The zero-order chi connectivity index (χ0) is 43.3. The van der Waals surface area contributed by atoms with E-state index < -0.39 is 11.7 Å². The molecule has 3 rings (SSSR count). The molecule has 5 nitrogen and oxygen atoms in total. The molecule has 1 unspecified atom stereocenters. The van der Waals surface area contributed by atoms with Crippen molar-refractivity contribution >= 4 is 11.9 Å². The van der Waals surface area contributed by atoms with Crippen LogP contribution in [0.4, 0.5) is 0 Å². The first-order chi connectivity index (χ1) is 30.1. The van der Waals surface area contributed by atoms with Gasteiger partial charge in [0, 0.05) is 12.8 Å². The molecule has 0 aromatic heterocycles. The maximum atomic E-state index is 13.3. The van der Waals surface area contributed by atoms with Crippen molar-refractivity contribution in [3.05, 3.63) is 132 Å². The summed E-state index contributed by atoms with van der Waals surface area (Å²) >= 11 is 0. The molecule has 0 aliphatic carbocycles. The molecular weight excluding hydrogens is 753 g/mol. The van der Waals surface area contributed by atoms with Crippen molar-refractivity contribution in [2.75, 3.05) is 13.2 Å². The Bertz CT molecular complexity index is 1450. The van der Waals surface area contributed by atoms with Gasteiger partial charge < -0.3 is 14.2 Å². The molecule has 0 bridgehead atoms. The molecule has 0 spiro atoms. The van der Waals surface area contributed by atoms with Crippen LogP contribution in [-0.2, 0) is 29.4 Å². The van der Waals surface area contributed by atoms with Crippen LogP contribution < -0.4 is 0 Å². The lowest BCUT2D eigenvalue weighted by atomic mass is 9.80. The van der Waals surface area contributed by atoms with Crippen LogP contribution in [0.25, 0.3) is 0 Å². The van der Waals surface area contributed by atoms with Crippen molar-refractivity contribution < 1.29 is 23.8 Å². The molecule has 3 aromatic rings. The SMILES string of the molecule is CCCCCC=CCC=CCCCCCCCC(=O)OC(COC(=O)CCCCCCCCCCCCCCC)COC(c1ccccc1)(c1ccccc1)c1ccccc1. The number of allylic oxidation sites excluding steroid dienone is 4. The van der Waals surface area contributed by atoms with Crippen LogP contribution in [0.15, 0.2) is 115 Å². The fraction of sp³-hybridized carbons (Fsp3) is 0.571. The molecule has 0 heterocycles.